The number of hydrogen-bond donors (Lipinski definition) is 0. The van der Waals surface area contributed by atoms with Gasteiger partial charge in [0.25, 0.3) is 0 Å². The highest BCUT2D eigenvalue weighted by Gasteiger charge is 2.17. The zero-order valence-corrected chi connectivity index (χ0v) is 16.0. The van der Waals surface area contributed by atoms with Crippen molar-refractivity contribution in [2.24, 2.45) is 0 Å². The van der Waals surface area contributed by atoms with Crippen LogP contribution < -0.4 is 0 Å². The molecule has 1 aromatic heterocycles. The number of ketones is 1. The molecule has 0 saturated carbocycles. The molecule has 0 aliphatic rings. The number of carbonyl (C=O) groups is 2. The van der Waals surface area contributed by atoms with Gasteiger partial charge in [-0.05, 0) is 49.6 Å². The zero-order chi connectivity index (χ0) is 19.2. The molecule has 27 heavy (non-hydrogen) atoms. The van der Waals surface area contributed by atoms with Crippen LogP contribution in [0.15, 0.2) is 71.8 Å². The molecule has 0 spiro atoms. The molecule has 0 aliphatic carbocycles. The number of hydrogen-bond acceptors (Lipinski definition) is 5. The molecule has 3 rings (SSSR count). The van der Waals surface area contributed by atoms with Crippen molar-refractivity contribution in [1.82, 2.24) is 4.98 Å². The fraction of sp³-hybridized carbons (Fsp3) is 0.136. The molecular weight excluding hydrogens is 358 g/mol. The molecule has 5 heteroatoms. The van der Waals surface area contributed by atoms with Gasteiger partial charge < -0.3 is 4.74 Å². The summed E-state index contributed by atoms with van der Waals surface area (Å²) in [4.78, 5) is 30.6. The van der Waals surface area contributed by atoms with E-state index in [0.29, 0.717) is 22.4 Å². The number of pyridine rings is 1. The van der Waals surface area contributed by atoms with Crippen LogP contribution in [0.4, 0.5) is 0 Å². The smallest absolute Gasteiger partial charge is 0.338 e. The SMILES string of the molecule is CCOC(=O)c1cccc(C(=O)c2cccnc2-c2ccc(SC)cc2)c1. The van der Waals surface area contributed by atoms with Crippen molar-refractivity contribution in [2.75, 3.05) is 12.9 Å². The Morgan fingerprint density at radius 1 is 1.00 bits per heavy atom. The molecule has 0 amide bonds. The highest BCUT2D eigenvalue weighted by atomic mass is 32.2. The van der Waals surface area contributed by atoms with E-state index < -0.39 is 5.97 Å². The Kier molecular flexibility index (Phi) is 6.04. The molecular formula is C22H19NO3S. The third-order valence-corrected chi connectivity index (χ3v) is 4.80. The predicted molar refractivity (Wildman–Crippen MR) is 107 cm³/mol. The average Bonchev–Trinajstić information content (AvgIpc) is 2.73. The first-order valence-corrected chi connectivity index (χ1v) is 9.78. The van der Waals surface area contributed by atoms with Gasteiger partial charge >= 0.3 is 5.97 Å². The standard InChI is InChI=1S/C22H19NO3S/c1-3-26-22(25)17-7-4-6-16(14-17)21(24)19-8-5-13-23-20(19)15-9-11-18(27-2)12-10-15/h4-14H,3H2,1-2H3. The van der Waals surface area contributed by atoms with Gasteiger partial charge in [-0.2, -0.15) is 0 Å². The summed E-state index contributed by atoms with van der Waals surface area (Å²) in [5.74, 6) is -0.621. The lowest BCUT2D eigenvalue weighted by atomic mass is 9.97. The molecule has 0 aliphatic heterocycles. The van der Waals surface area contributed by atoms with E-state index in [-0.39, 0.29) is 12.4 Å². The summed E-state index contributed by atoms with van der Waals surface area (Å²) < 4.78 is 5.02. The third kappa shape index (κ3) is 4.26. The molecule has 3 aromatic rings. The Morgan fingerprint density at radius 3 is 2.44 bits per heavy atom. The quantitative estimate of drug-likeness (QED) is 0.348. The number of nitrogens with zero attached hydrogens (tertiary/aromatic N) is 1. The van der Waals surface area contributed by atoms with Crippen molar-refractivity contribution >= 4 is 23.5 Å². The maximum absolute atomic E-state index is 13.1. The number of aromatic nitrogens is 1. The van der Waals surface area contributed by atoms with Crippen molar-refractivity contribution in [3.8, 4) is 11.3 Å². The number of carbonyl (C=O) groups excluding carboxylic acids is 2. The second-order valence-corrected chi connectivity index (χ2v) is 6.64. The number of esters is 1. The van der Waals surface area contributed by atoms with Gasteiger partial charge in [0.05, 0.1) is 17.9 Å². The normalized spacial score (nSPS) is 10.4. The Labute approximate surface area is 162 Å². The van der Waals surface area contributed by atoms with Crippen LogP contribution >= 0.6 is 11.8 Å². The van der Waals surface area contributed by atoms with E-state index in [1.165, 1.54) is 0 Å². The summed E-state index contributed by atoms with van der Waals surface area (Å²) in [5.41, 5.74) is 2.78. The van der Waals surface area contributed by atoms with Crippen LogP contribution in [-0.2, 0) is 4.74 Å². The molecule has 0 fully saturated rings. The van der Waals surface area contributed by atoms with Crippen molar-refractivity contribution in [3.05, 3.63) is 83.6 Å². The zero-order valence-electron chi connectivity index (χ0n) is 15.1. The van der Waals surface area contributed by atoms with Crippen LogP contribution in [0.3, 0.4) is 0 Å². The number of ether oxygens (including phenoxy) is 1. The van der Waals surface area contributed by atoms with Gasteiger partial charge in [0.2, 0.25) is 0 Å². The summed E-state index contributed by atoms with van der Waals surface area (Å²) in [7, 11) is 0. The van der Waals surface area contributed by atoms with E-state index in [1.807, 2.05) is 30.5 Å². The first-order valence-electron chi connectivity index (χ1n) is 8.55. The van der Waals surface area contributed by atoms with Gasteiger partial charge in [-0.25, -0.2) is 4.79 Å². The minimum atomic E-state index is -0.439. The van der Waals surface area contributed by atoms with Crippen LogP contribution in [0.2, 0.25) is 0 Å². The van der Waals surface area contributed by atoms with Gasteiger partial charge in [-0.3, -0.25) is 9.78 Å². The summed E-state index contributed by atoms with van der Waals surface area (Å²) >= 11 is 1.66. The molecule has 0 radical (unpaired) electrons. The highest BCUT2D eigenvalue weighted by molar-refractivity contribution is 7.98. The van der Waals surface area contributed by atoms with Gasteiger partial charge in [-0.15, -0.1) is 11.8 Å². The molecule has 136 valence electrons. The molecule has 1 heterocycles. The van der Waals surface area contributed by atoms with E-state index in [0.717, 1.165) is 10.5 Å². The van der Waals surface area contributed by atoms with Crippen molar-refractivity contribution in [2.45, 2.75) is 11.8 Å². The average molecular weight is 377 g/mol. The number of rotatable bonds is 6. The van der Waals surface area contributed by atoms with Crippen LogP contribution in [-0.4, -0.2) is 29.6 Å². The molecule has 0 saturated heterocycles. The van der Waals surface area contributed by atoms with E-state index in [9.17, 15) is 9.59 Å². The van der Waals surface area contributed by atoms with E-state index in [4.69, 9.17) is 4.74 Å². The van der Waals surface area contributed by atoms with E-state index in [1.54, 1.807) is 61.3 Å². The maximum atomic E-state index is 13.1. The lowest BCUT2D eigenvalue weighted by molar-refractivity contribution is 0.0526. The molecule has 0 N–H and O–H groups in total. The first-order chi connectivity index (χ1) is 13.1. The lowest BCUT2D eigenvalue weighted by Gasteiger charge is -2.09. The molecule has 0 atom stereocenters. The largest absolute Gasteiger partial charge is 0.462 e. The van der Waals surface area contributed by atoms with E-state index in [2.05, 4.69) is 4.98 Å². The Morgan fingerprint density at radius 2 is 1.74 bits per heavy atom. The molecule has 0 bridgehead atoms. The van der Waals surface area contributed by atoms with Crippen molar-refractivity contribution in [1.29, 1.82) is 0 Å². The van der Waals surface area contributed by atoms with Gasteiger partial charge in [0, 0.05) is 27.8 Å². The van der Waals surface area contributed by atoms with Crippen LogP contribution in [0, 0.1) is 0 Å². The van der Waals surface area contributed by atoms with Gasteiger partial charge in [0.1, 0.15) is 0 Å². The van der Waals surface area contributed by atoms with Gasteiger partial charge in [-0.1, -0.05) is 24.3 Å². The van der Waals surface area contributed by atoms with Crippen molar-refractivity contribution in [3.63, 3.8) is 0 Å². The predicted octanol–water partition coefficient (Wildman–Crippen LogP) is 4.88. The Bertz CT molecular complexity index is 967. The van der Waals surface area contributed by atoms with Crippen LogP contribution in [0.5, 0.6) is 0 Å². The summed E-state index contributed by atoms with van der Waals surface area (Å²) in [5, 5.41) is 0. The first kappa shape index (κ1) is 18.9. The fourth-order valence-electron chi connectivity index (χ4n) is 2.72. The second-order valence-electron chi connectivity index (χ2n) is 5.76. The monoisotopic (exact) mass is 377 g/mol. The molecule has 2 aromatic carbocycles. The maximum Gasteiger partial charge on any atom is 0.338 e. The second kappa shape index (κ2) is 8.64. The molecule has 4 nitrogen and oxygen atoms in total. The summed E-state index contributed by atoms with van der Waals surface area (Å²) in [6, 6.07) is 18.0. The third-order valence-electron chi connectivity index (χ3n) is 4.05. The summed E-state index contributed by atoms with van der Waals surface area (Å²) in [6.07, 6.45) is 3.69. The lowest BCUT2D eigenvalue weighted by Crippen LogP contribution is -2.08. The molecule has 0 unspecified atom stereocenters. The van der Waals surface area contributed by atoms with Crippen LogP contribution in [0.25, 0.3) is 11.3 Å². The Hall–Kier alpha value is -2.92. The van der Waals surface area contributed by atoms with Crippen LogP contribution in [0.1, 0.15) is 33.2 Å². The van der Waals surface area contributed by atoms with Crippen molar-refractivity contribution < 1.29 is 14.3 Å². The van der Waals surface area contributed by atoms with E-state index >= 15 is 0 Å². The minimum absolute atomic E-state index is 0.182. The minimum Gasteiger partial charge on any atom is -0.462 e. The number of benzene rings is 2. The van der Waals surface area contributed by atoms with Gasteiger partial charge in [0.15, 0.2) is 5.78 Å². The highest BCUT2D eigenvalue weighted by Crippen LogP contribution is 2.26. The fourth-order valence-corrected chi connectivity index (χ4v) is 3.13. The summed E-state index contributed by atoms with van der Waals surface area (Å²) in [6.45, 7) is 2.03. The number of thioether (sulfide) groups is 1. The topological polar surface area (TPSA) is 56.3 Å². The Balaban J connectivity index is 1.98.